The van der Waals surface area contributed by atoms with E-state index in [1.165, 1.54) is 30.3 Å². The van der Waals surface area contributed by atoms with Crippen LogP contribution in [0.5, 0.6) is 5.75 Å². The van der Waals surface area contributed by atoms with Crippen molar-refractivity contribution in [3.63, 3.8) is 0 Å². The Morgan fingerprint density at radius 2 is 1.83 bits per heavy atom. The Balaban J connectivity index is 2.19. The summed E-state index contributed by atoms with van der Waals surface area (Å²) >= 11 is 5.63. The van der Waals surface area contributed by atoms with Crippen LogP contribution in [-0.2, 0) is 6.61 Å². The molecule has 2 N–H and O–H groups in total. The molecule has 2 aromatic rings. The summed E-state index contributed by atoms with van der Waals surface area (Å²) in [7, 11) is 0. The molecule has 0 atom stereocenters. The summed E-state index contributed by atoms with van der Waals surface area (Å²) in [4.78, 5) is 0. The summed E-state index contributed by atoms with van der Waals surface area (Å²) in [5, 5.41) is -0.00222. The number of rotatable bonds is 3. The summed E-state index contributed by atoms with van der Waals surface area (Å²) in [6, 6.07) is 8.73. The number of benzene rings is 2. The van der Waals surface area contributed by atoms with Crippen LogP contribution in [0.1, 0.15) is 5.56 Å². The second-order valence-corrected chi connectivity index (χ2v) is 4.07. The van der Waals surface area contributed by atoms with Crippen LogP contribution in [0.25, 0.3) is 0 Å². The van der Waals surface area contributed by atoms with E-state index in [-0.39, 0.29) is 28.6 Å². The smallest absolute Gasteiger partial charge is 0.178 e. The molecule has 0 spiro atoms. The molecule has 0 heterocycles. The number of hydrogen-bond donors (Lipinski definition) is 1. The predicted molar refractivity (Wildman–Crippen MR) is 66.6 cm³/mol. The number of nitrogens with two attached hydrogens (primary N) is 1. The van der Waals surface area contributed by atoms with Gasteiger partial charge in [0.25, 0.3) is 0 Å². The van der Waals surface area contributed by atoms with E-state index >= 15 is 0 Å². The molecule has 0 radical (unpaired) electrons. The van der Waals surface area contributed by atoms with Crippen LogP contribution >= 0.6 is 11.6 Å². The van der Waals surface area contributed by atoms with Crippen LogP contribution in [0.15, 0.2) is 36.4 Å². The van der Waals surface area contributed by atoms with Gasteiger partial charge in [-0.05, 0) is 18.2 Å². The molecule has 5 heteroatoms. The number of anilines is 1. The molecule has 0 aliphatic rings. The van der Waals surface area contributed by atoms with Gasteiger partial charge in [-0.1, -0.05) is 29.8 Å². The molecule has 0 amide bonds. The van der Waals surface area contributed by atoms with Gasteiger partial charge in [0.1, 0.15) is 12.4 Å². The fourth-order valence-corrected chi connectivity index (χ4v) is 1.68. The van der Waals surface area contributed by atoms with E-state index < -0.39 is 11.6 Å². The van der Waals surface area contributed by atoms with E-state index in [0.29, 0.717) is 0 Å². The van der Waals surface area contributed by atoms with Crippen molar-refractivity contribution < 1.29 is 13.5 Å². The molecule has 2 nitrogen and oxygen atoms in total. The van der Waals surface area contributed by atoms with Gasteiger partial charge in [-0.25, -0.2) is 8.78 Å². The second kappa shape index (κ2) is 5.23. The molecule has 2 rings (SSSR count). The summed E-state index contributed by atoms with van der Waals surface area (Å²) in [5.74, 6) is -1.25. The lowest BCUT2D eigenvalue weighted by Crippen LogP contribution is -2.02. The van der Waals surface area contributed by atoms with Crippen molar-refractivity contribution in [2.24, 2.45) is 0 Å². The molecule has 0 aromatic heterocycles. The first-order chi connectivity index (χ1) is 8.59. The molecule has 0 fully saturated rings. The Hall–Kier alpha value is -1.81. The Bertz CT molecular complexity index is 555. The van der Waals surface area contributed by atoms with E-state index in [1.807, 2.05) is 0 Å². The lowest BCUT2D eigenvalue weighted by molar-refractivity contribution is 0.286. The van der Waals surface area contributed by atoms with E-state index in [0.717, 1.165) is 0 Å². The molecule has 0 saturated carbocycles. The van der Waals surface area contributed by atoms with Gasteiger partial charge in [-0.2, -0.15) is 0 Å². The minimum absolute atomic E-state index is 0.00222. The standard InChI is InChI=1S/C13H10ClF2NO/c14-9-4-1-3-8(12(9)16)7-18-13-10(15)5-2-6-11(13)17/h1-6H,7,17H2. The fraction of sp³-hybridized carbons (Fsp3) is 0.0769. The number of halogens is 3. The average molecular weight is 270 g/mol. The number of nitrogen functional groups attached to an aromatic ring is 1. The molecule has 94 valence electrons. The highest BCUT2D eigenvalue weighted by Gasteiger charge is 2.10. The Labute approximate surface area is 108 Å². The van der Waals surface area contributed by atoms with Gasteiger partial charge >= 0.3 is 0 Å². The molecule has 18 heavy (non-hydrogen) atoms. The first-order valence-electron chi connectivity index (χ1n) is 5.19. The highest BCUT2D eigenvalue weighted by Crippen LogP contribution is 2.26. The zero-order valence-electron chi connectivity index (χ0n) is 9.29. The van der Waals surface area contributed by atoms with Crippen LogP contribution in [-0.4, -0.2) is 0 Å². The summed E-state index contributed by atoms with van der Waals surface area (Å²) < 4.78 is 32.2. The van der Waals surface area contributed by atoms with Crippen molar-refractivity contribution in [1.82, 2.24) is 0 Å². The summed E-state index contributed by atoms with van der Waals surface area (Å²) in [6.07, 6.45) is 0. The van der Waals surface area contributed by atoms with Gasteiger partial charge in [-0.15, -0.1) is 0 Å². The largest absolute Gasteiger partial charge is 0.484 e. The topological polar surface area (TPSA) is 35.2 Å². The zero-order chi connectivity index (χ0) is 13.1. The van der Waals surface area contributed by atoms with Crippen LogP contribution in [0.3, 0.4) is 0 Å². The molecule has 0 bridgehead atoms. The summed E-state index contributed by atoms with van der Waals surface area (Å²) in [5.41, 5.74) is 5.97. The minimum Gasteiger partial charge on any atom is -0.484 e. The van der Waals surface area contributed by atoms with Gasteiger partial charge in [-0.3, -0.25) is 0 Å². The number of hydrogen-bond acceptors (Lipinski definition) is 2. The van der Waals surface area contributed by atoms with Crippen molar-refractivity contribution in [3.8, 4) is 5.75 Å². The number of para-hydroxylation sites is 1. The normalized spacial score (nSPS) is 10.4. The van der Waals surface area contributed by atoms with Crippen LogP contribution < -0.4 is 10.5 Å². The van der Waals surface area contributed by atoms with Crippen LogP contribution in [0.2, 0.25) is 5.02 Å². The van der Waals surface area contributed by atoms with Gasteiger partial charge in [0, 0.05) is 5.56 Å². The highest BCUT2D eigenvalue weighted by atomic mass is 35.5. The predicted octanol–water partition coefficient (Wildman–Crippen LogP) is 3.78. The lowest BCUT2D eigenvalue weighted by Gasteiger charge is -2.10. The maximum atomic E-state index is 13.6. The third kappa shape index (κ3) is 2.54. The van der Waals surface area contributed by atoms with Gasteiger partial charge in [0.05, 0.1) is 10.7 Å². The van der Waals surface area contributed by atoms with Crippen molar-refractivity contribution >= 4 is 17.3 Å². The monoisotopic (exact) mass is 269 g/mol. The quantitative estimate of drug-likeness (QED) is 0.861. The Kier molecular flexibility index (Phi) is 3.67. The van der Waals surface area contributed by atoms with Crippen molar-refractivity contribution in [1.29, 1.82) is 0 Å². The third-order valence-corrected chi connectivity index (χ3v) is 2.69. The van der Waals surface area contributed by atoms with E-state index in [9.17, 15) is 8.78 Å². The average Bonchev–Trinajstić information content (AvgIpc) is 2.33. The maximum absolute atomic E-state index is 13.6. The van der Waals surface area contributed by atoms with Gasteiger partial charge < -0.3 is 10.5 Å². The lowest BCUT2D eigenvalue weighted by atomic mass is 10.2. The van der Waals surface area contributed by atoms with Gasteiger partial charge in [0.2, 0.25) is 0 Å². The third-order valence-electron chi connectivity index (χ3n) is 2.40. The number of ether oxygens (including phenoxy) is 1. The van der Waals surface area contributed by atoms with Crippen molar-refractivity contribution in [2.75, 3.05) is 5.73 Å². The molecular weight excluding hydrogens is 260 g/mol. The first kappa shape index (κ1) is 12.6. The highest BCUT2D eigenvalue weighted by molar-refractivity contribution is 6.30. The molecule has 0 unspecified atom stereocenters. The second-order valence-electron chi connectivity index (χ2n) is 3.66. The molecular formula is C13H10ClF2NO. The van der Waals surface area contributed by atoms with E-state index in [4.69, 9.17) is 22.1 Å². The van der Waals surface area contributed by atoms with Crippen molar-refractivity contribution in [3.05, 3.63) is 58.6 Å². The molecule has 0 aliphatic heterocycles. The Morgan fingerprint density at radius 3 is 2.56 bits per heavy atom. The first-order valence-corrected chi connectivity index (χ1v) is 5.57. The zero-order valence-corrected chi connectivity index (χ0v) is 10.0. The van der Waals surface area contributed by atoms with E-state index in [2.05, 4.69) is 0 Å². The fourth-order valence-electron chi connectivity index (χ4n) is 1.49. The maximum Gasteiger partial charge on any atom is 0.178 e. The summed E-state index contributed by atoms with van der Waals surface area (Å²) in [6.45, 7) is -0.141. The SMILES string of the molecule is Nc1cccc(F)c1OCc1cccc(Cl)c1F. The van der Waals surface area contributed by atoms with E-state index in [1.54, 1.807) is 6.07 Å². The van der Waals surface area contributed by atoms with Crippen molar-refractivity contribution in [2.45, 2.75) is 6.61 Å². The van der Waals surface area contributed by atoms with Crippen LogP contribution in [0, 0.1) is 11.6 Å². The molecule has 0 saturated heterocycles. The Morgan fingerprint density at radius 1 is 1.11 bits per heavy atom. The van der Waals surface area contributed by atoms with Crippen LogP contribution in [0.4, 0.5) is 14.5 Å². The minimum atomic E-state index is -0.586. The molecule has 0 aliphatic carbocycles. The molecule has 2 aromatic carbocycles. The van der Waals surface area contributed by atoms with Gasteiger partial charge in [0.15, 0.2) is 11.6 Å².